The van der Waals surface area contributed by atoms with Crippen molar-refractivity contribution in [3.8, 4) is 0 Å². The summed E-state index contributed by atoms with van der Waals surface area (Å²) < 4.78 is 0. The normalized spacial score (nSPS) is 37.1. The Labute approximate surface area is 82.6 Å². The zero-order chi connectivity index (χ0) is 10.2. The molecule has 0 aromatic heterocycles. The second kappa shape index (κ2) is 3.24. The van der Waals surface area contributed by atoms with Gasteiger partial charge in [0.1, 0.15) is 5.54 Å². The number of hydrogen-bond acceptors (Lipinski definition) is 3. The molecule has 0 aromatic carbocycles. The quantitative estimate of drug-likeness (QED) is 0.507. The zero-order valence-electron chi connectivity index (χ0n) is 8.22. The monoisotopic (exact) mass is 197 g/mol. The molecule has 0 aromatic rings. The predicted molar refractivity (Wildman–Crippen MR) is 50.7 cm³/mol. The first-order valence-corrected chi connectivity index (χ1v) is 4.97. The van der Waals surface area contributed by atoms with Crippen LogP contribution in [0.5, 0.6) is 0 Å². The zero-order valence-corrected chi connectivity index (χ0v) is 8.22. The molecule has 1 aliphatic heterocycles. The van der Waals surface area contributed by atoms with Crippen LogP contribution in [0.25, 0.3) is 0 Å². The maximum absolute atomic E-state index is 11.5. The summed E-state index contributed by atoms with van der Waals surface area (Å²) in [4.78, 5) is 22.6. The van der Waals surface area contributed by atoms with Crippen molar-refractivity contribution in [2.75, 3.05) is 7.05 Å². The van der Waals surface area contributed by atoms with Crippen LogP contribution in [0, 0.1) is 0 Å². The summed E-state index contributed by atoms with van der Waals surface area (Å²) in [6.45, 7) is 0. The summed E-state index contributed by atoms with van der Waals surface area (Å²) in [7, 11) is 1.93. The van der Waals surface area contributed by atoms with Crippen LogP contribution in [-0.4, -0.2) is 30.6 Å². The van der Waals surface area contributed by atoms with Crippen molar-refractivity contribution in [2.45, 2.75) is 37.3 Å². The van der Waals surface area contributed by atoms with Crippen molar-refractivity contribution in [2.24, 2.45) is 0 Å². The van der Waals surface area contributed by atoms with Gasteiger partial charge in [0.15, 0.2) is 0 Å². The van der Waals surface area contributed by atoms with Gasteiger partial charge in [-0.05, 0) is 32.7 Å². The van der Waals surface area contributed by atoms with Crippen LogP contribution >= 0.6 is 0 Å². The van der Waals surface area contributed by atoms with E-state index in [0.29, 0.717) is 6.04 Å². The largest absolute Gasteiger partial charge is 0.323 e. The first kappa shape index (κ1) is 9.45. The molecular formula is C9H15N3O2. The van der Waals surface area contributed by atoms with E-state index in [9.17, 15) is 9.59 Å². The van der Waals surface area contributed by atoms with Crippen LogP contribution in [-0.2, 0) is 4.79 Å². The lowest BCUT2D eigenvalue weighted by atomic mass is 9.79. The molecule has 1 aliphatic carbocycles. The Morgan fingerprint density at radius 3 is 2.43 bits per heavy atom. The molecule has 78 valence electrons. The fraction of sp³-hybridized carbons (Fsp3) is 0.778. The first-order valence-electron chi connectivity index (χ1n) is 4.97. The summed E-state index contributed by atoms with van der Waals surface area (Å²) in [5.41, 5.74) is -0.607. The lowest BCUT2D eigenvalue weighted by Gasteiger charge is -2.34. The van der Waals surface area contributed by atoms with Crippen LogP contribution in [0.2, 0.25) is 0 Å². The highest BCUT2D eigenvalue weighted by molar-refractivity contribution is 6.07. The second-order valence-corrected chi connectivity index (χ2v) is 4.05. The predicted octanol–water partition coefficient (Wildman–Crippen LogP) is -0.273. The summed E-state index contributed by atoms with van der Waals surface area (Å²) in [5.74, 6) is -0.156. The third kappa shape index (κ3) is 1.37. The number of nitrogens with one attached hydrogen (secondary N) is 3. The van der Waals surface area contributed by atoms with Gasteiger partial charge in [0.2, 0.25) is 0 Å². The van der Waals surface area contributed by atoms with Crippen molar-refractivity contribution < 1.29 is 9.59 Å². The van der Waals surface area contributed by atoms with E-state index in [2.05, 4.69) is 16.0 Å². The number of rotatable bonds is 1. The number of urea groups is 1. The SMILES string of the molecule is CNC1CCC2(CC1)NC(=O)NC2=O. The molecule has 2 aliphatic rings. The van der Waals surface area contributed by atoms with Crippen LogP contribution in [0.15, 0.2) is 0 Å². The van der Waals surface area contributed by atoms with Gasteiger partial charge in [0.25, 0.3) is 5.91 Å². The molecule has 2 rings (SSSR count). The molecule has 5 heteroatoms. The molecule has 1 spiro atoms. The smallest absolute Gasteiger partial charge is 0.322 e. The topological polar surface area (TPSA) is 70.2 Å². The Bertz CT molecular complexity index is 269. The van der Waals surface area contributed by atoms with Crippen LogP contribution in [0.3, 0.4) is 0 Å². The fourth-order valence-electron chi connectivity index (χ4n) is 2.28. The van der Waals surface area contributed by atoms with E-state index >= 15 is 0 Å². The van der Waals surface area contributed by atoms with Gasteiger partial charge in [-0.15, -0.1) is 0 Å². The second-order valence-electron chi connectivity index (χ2n) is 4.05. The lowest BCUT2D eigenvalue weighted by Crippen LogP contribution is -2.51. The molecule has 0 bridgehead atoms. The van der Waals surface area contributed by atoms with Gasteiger partial charge in [-0.3, -0.25) is 10.1 Å². The Morgan fingerprint density at radius 2 is 2.00 bits per heavy atom. The van der Waals surface area contributed by atoms with Crippen LogP contribution in [0.4, 0.5) is 4.79 Å². The molecule has 1 saturated heterocycles. The summed E-state index contributed by atoms with van der Waals surface area (Å²) in [5, 5.41) is 8.23. The highest BCUT2D eigenvalue weighted by atomic mass is 16.2. The maximum Gasteiger partial charge on any atom is 0.322 e. The van der Waals surface area contributed by atoms with E-state index < -0.39 is 5.54 Å². The van der Waals surface area contributed by atoms with Crippen molar-refractivity contribution in [1.29, 1.82) is 0 Å². The molecule has 3 amide bonds. The maximum atomic E-state index is 11.5. The molecule has 0 radical (unpaired) electrons. The Kier molecular flexibility index (Phi) is 2.19. The van der Waals surface area contributed by atoms with Gasteiger partial charge in [0, 0.05) is 6.04 Å². The van der Waals surface area contributed by atoms with Gasteiger partial charge in [-0.25, -0.2) is 4.79 Å². The van der Waals surface area contributed by atoms with Gasteiger partial charge in [0.05, 0.1) is 0 Å². The average molecular weight is 197 g/mol. The number of hydrogen-bond donors (Lipinski definition) is 3. The third-order valence-corrected chi connectivity index (χ3v) is 3.26. The minimum absolute atomic E-state index is 0.156. The molecule has 1 saturated carbocycles. The lowest BCUT2D eigenvalue weighted by molar-refractivity contribution is -0.125. The van der Waals surface area contributed by atoms with Gasteiger partial charge >= 0.3 is 6.03 Å². The summed E-state index contributed by atoms with van der Waals surface area (Å²) in [6, 6.07) is 0.129. The molecule has 5 nitrogen and oxygen atoms in total. The molecular weight excluding hydrogens is 182 g/mol. The highest BCUT2D eigenvalue weighted by Gasteiger charge is 2.47. The van der Waals surface area contributed by atoms with E-state index in [4.69, 9.17) is 0 Å². The van der Waals surface area contributed by atoms with E-state index in [1.807, 2.05) is 7.05 Å². The third-order valence-electron chi connectivity index (χ3n) is 3.26. The van der Waals surface area contributed by atoms with Crippen molar-refractivity contribution >= 4 is 11.9 Å². The number of amides is 3. The molecule has 14 heavy (non-hydrogen) atoms. The Morgan fingerprint density at radius 1 is 1.36 bits per heavy atom. The van der Waals surface area contributed by atoms with Gasteiger partial charge in [-0.2, -0.15) is 0 Å². The number of carbonyl (C=O) groups excluding carboxylic acids is 2. The minimum atomic E-state index is -0.607. The van der Waals surface area contributed by atoms with E-state index in [-0.39, 0.29) is 11.9 Å². The average Bonchev–Trinajstić information content (AvgIpc) is 2.43. The highest BCUT2D eigenvalue weighted by Crippen LogP contribution is 2.30. The molecule has 1 heterocycles. The molecule has 3 N–H and O–H groups in total. The Hall–Kier alpha value is -1.10. The van der Waals surface area contributed by atoms with Crippen molar-refractivity contribution in [3.63, 3.8) is 0 Å². The van der Waals surface area contributed by atoms with Crippen molar-refractivity contribution in [1.82, 2.24) is 16.0 Å². The van der Waals surface area contributed by atoms with Crippen molar-refractivity contribution in [3.05, 3.63) is 0 Å². The minimum Gasteiger partial charge on any atom is -0.323 e. The van der Waals surface area contributed by atoms with Gasteiger partial charge < -0.3 is 10.6 Å². The Balaban J connectivity index is 2.05. The number of imide groups is 1. The van der Waals surface area contributed by atoms with E-state index in [1.165, 1.54) is 0 Å². The number of carbonyl (C=O) groups is 2. The first-order chi connectivity index (χ1) is 6.66. The van der Waals surface area contributed by atoms with Crippen LogP contribution < -0.4 is 16.0 Å². The van der Waals surface area contributed by atoms with Crippen LogP contribution in [0.1, 0.15) is 25.7 Å². The molecule has 0 atom stereocenters. The summed E-state index contributed by atoms with van der Waals surface area (Å²) in [6.07, 6.45) is 3.33. The summed E-state index contributed by atoms with van der Waals surface area (Å²) >= 11 is 0. The molecule has 0 unspecified atom stereocenters. The fourth-order valence-corrected chi connectivity index (χ4v) is 2.28. The van der Waals surface area contributed by atoms with E-state index in [1.54, 1.807) is 0 Å². The van der Waals surface area contributed by atoms with Gasteiger partial charge in [-0.1, -0.05) is 0 Å². The standard InChI is InChI=1S/C9H15N3O2/c1-10-6-2-4-9(5-3-6)7(13)11-8(14)12-9/h6,10H,2-5H2,1H3,(H2,11,12,13,14). The molecule has 2 fully saturated rings. The van der Waals surface area contributed by atoms with E-state index in [0.717, 1.165) is 25.7 Å².